The van der Waals surface area contributed by atoms with Gasteiger partial charge in [0.15, 0.2) is 0 Å². The zero-order chi connectivity index (χ0) is 18.6. The predicted molar refractivity (Wildman–Crippen MR) is 94.1 cm³/mol. The molecule has 1 aromatic heterocycles. The van der Waals surface area contributed by atoms with Gasteiger partial charge in [-0.25, -0.2) is 9.78 Å². The van der Waals surface area contributed by atoms with Crippen molar-refractivity contribution in [1.29, 1.82) is 0 Å². The molecule has 2 amide bonds. The lowest BCUT2D eigenvalue weighted by Gasteiger charge is -2.22. The third kappa shape index (κ3) is 6.34. The smallest absolute Gasteiger partial charge is 0.407 e. The number of carbonyl (C=O) groups excluding carboxylic acids is 2. The van der Waals surface area contributed by atoms with Crippen LogP contribution in [-0.4, -0.2) is 48.4 Å². The first kappa shape index (κ1) is 19.8. The van der Waals surface area contributed by atoms with Crippen LogP contribution in [0, 0.1) is 5.92 Å². The Morgan fingerprint density at radius 2 is 1.92 bits per heavy atom. The summed E-state index contributed by atoms with van der Waals surface area (Å²) in [5, 5.41) is 5.85. The van der Waals surface area contributed by atoms with Gasteiger partial charge in [0.1, 0.15) is 15.9 Å². The summed E-state index contributed by atoms with van der Waals surface area (Å²) < 4.78 is 10.6. The van der Waals surface area contributed by atoms with E-state index in [0.29, 0.717) is 25.3 Å². The van der Waals surface area contributed by atoms with Crippen LogP contribution in [0.5, 0.6) is 0 Å². The van der Waals surface area contributed by atoms with Gasteiger partial charge in [-0.3, -0.25) is 4.79 Å². The van der Waals surface area contributed by atoms with Gasteiger partial charge in [-0.15, -0.1) is 0 Å². The van der Waals surface area contributed by atoms with Crippen molar-refractivity contribution in [2.45, 2.75) is 32.4 Å². The molecule has 0 aromatic carbocycles. The maximum absolute atomic E-state index is 12.4. The van der Waals surface area contributed by atoms with Crippen LogP contribution in [0.3, 0.4) is 0 Å². The van der Waals surface area contributed by atoms with Crippen LogP contribution in [0.15, 0.2) is 12.1 Å². The van der Waals surface area contributed by atoms with Gasteiger partial charge in [0.25, 0.3) is 5.91 Å². The highest BCUT2D eigenvalue weighted by Gasteiger charge is 2.30. The van der Waals surface area contributed by atoms with E-state index in [0.717, 1.165) is 0 Å². The number of halogens is 2. The first-order valence-corrected chi connectivity index (χ1v) is 8.58. The first-order chi connectivity index (χ1) is 11.6. The second-order valence-electron chi connectivity index (χ2n) is 6.76. The number of nitrogens with one attached hydrogen (secondary N) is 2. The lowest BCUT2D eigenvalue weighted by Crippen LogP contribution is -2.45. The topological polar surface area (TPSA) is 89.5 Å². The molecule has 25 heavy (non-hydrogen) atoms. The fraction of sp³-hybridized carbons (Fsp3) is 0.562. The SMILES string of the molecule is CC(C)(C)OC(=O)NC[C@@H]1COC[C@H]1NC(=O)c1cc(Cl)nc(Cl)c1. The summed E-state index contributed by atoms with van der Waals surface area (Å²) in [4.78, 5) is 27.9. The second kappa shape index (κ2) is 8.21. The molecule has 0 unspecified atom stereocenters. The quantitative estimate of drug-likeness (QED) is 0.772. The lowest BCUT2D eigenvalue weighted by atomic mass is 10.0. The second-order valence-corrected chi connectivity index (χ2v) is 7.54. The molecule has 138 valence electrons. The Labute approximate surface area is 156 Å². The molecule has 0 bridgehead atoms. The monoisotopic (exact) mass is 389 g/mol. The standard InChI is InChI=1S/C16H21Cl2N3O4/c1-16(2,3)25-15(23)19-6-10-7-24-8-11(10)20-14(22)9-4-12(17)21-13(18)5-9/h4-5,10-11H,6-8H2,1-3H3,(H,19,23)(H,20,22)/t10-,11-/m1/s1. The number of ether oxygens (including phenoxy) is 2. The minimum absolute atomic E-state index is 0.0655. The molecule has 0 radical (unpaired) electrons. The van der Waals surface area contributed by atoms with Crippen molar-refractivity contribution in [2.24, 2.45) is 5.92 Å². The maximum atomic E-state index is 12.4. The van der Waals surface area contributed by atoms with Gasteiger partial charge in [-0.05, 0) is 32.9 Å². The zero-order valence-corrected chi connectivity index (χ0v) is 15.8. The Balaban J connectivity index is 1.90. The van der Waals surface area contributed by atoms with Crippen molar-refractivity contribution >= 4 is 35.2 Å². The molecule has 1 aliphatic rings. The van der Waals surface area contributed by atoms with E-state index >= 15 is 0 Å². The maximum Gasteiger partial charge on any atom is 0.407 e. The third-order valence-electron chi connectivity index (χ3n) is 3.45. The fourth-order valence-electron chi connectivity index (χ4n) is 2.34. The van der Waals surface area contributed by atoms with Crippen LogP contribution < -0.4 is 10.6 Å². The number of hydrogen-bond acceptors (Lipinski definition) is 5. The van der Waals surface area contributed by atoms with E-state index in [4.69, 9.17) is 32.7 Å². The van der Waals surface area contributed by atoms with Crippen molar-refractivity contribution in [3.63, 3.8) is 0 Å². The summed E-state index contributed by atoms with van der Waals surface area (Å²) in [5.41, 5.74) is -0.250. The van der Waals surface area contributed by atoms with Gasteiger partial charge in [0, 0.05) is 18.0 Å². The molecule has 1 saturated heterocycles. The molecular weight excluding hydrogens is 369 g/mol. The van der Waals surface area contributed by atoms with Crippen LogP contribution in [0.25, 0.3) is 0 Å². The minimum atomic E-state index is -0.566. The number of hydrogen-bond donors (Lipinski definition) is 2. The van der Waals surface area contributed by atoms with E-state index in [-0.39, 0.29) is 28.2 Å². The summed E-state index contributed by atoms with van der Waals surface area (Å²) in [6.07, 6.45) is -0.503. The normalized spacial score (nSPS) is 20.2. The molecule has 9 heteroatoms. The first-order valence-electron chi connectivity index (χ1n) is 7.82. The molecule has 0 aliphatic carbocycles. The summed E-state index contributed by atoms with van der Waals surface area (Å²) in [6, 6.07) is 2.63. The van der Waals surface area contributed by atoms with Crippen molar-refractivity contribution < 1.29 is 19.1 Å². The minimum Gasteiger partial charge on any atom is -0.444 e. The van der Waals surface area contributed by atoms with Crippen LogP contribution in [0.1, 0.15) is 31.1 Å². The Morgan fingerprint density at radius 1 is 1.28 bits per heavy atom. The Kier molecular flexibility index (Phi) is 6.48. The highest BCUT2D eigenvalue weighted by Crippen LogP contribution is 2.17. The highest BCUT2D eigenvalue weighted by atomic mass is 35.5. The number of carbonyl (C=O) groups is 2. The largest absolute Gasteiger partial charge is 0.444 e. The molecular formula is C16H21Cl2N3O4. The average Bonchev–Trinajstić information content (AvgIpc) is 2.89. The molecule has 1 aromatic rings. The van der Waals surface area contributed by atoms with E-state index in [9.17, 15) is 9.59 Å². The molecule has 7 nitrogen and oxygen atoms in total. The van der Waals surface area contributed by atoms with E-state index in [2.05, 4.69) is 15.6 Å². The van der Waals surface area contributed by atoms with Crippen molar-refractivity contribution in [3.05, 3.63) is 28.0 Å². The van der Waals surface area contributed by atoms with Gasteiger partial charge in [-0.1, -0.05) is 23.2 Å². The van der Waals surface area contributed by atoms with Gasteiger partial charge in [-0.2, -0.15) is 0 Å². The van der Waals surface area contributed by atoms with Crippen LogP contribution >= 0.6 is 23.2 Å². The summed E-state index contributed by atoms with van der Waals surface area (Å²) in [5.74, 6) is -0.395. The molecule has 0 spiro atoms. The summed E-state index contributed by atoms with van der Waals surface area (Å²) in [6.45, 7) is 6.49. The molecule has 1 fully saturated rings. The zero-order valence-electron chi connectivity index (χ0n) is 14.3. The number of pyridine rings is 1. The van der Waals surface area contributed by atoms with Crippen LogP contribution in [-0.2, 0) is 9.47 Å². The van der Waals surface area contributed by atoms with Gasteiger partial charge in [0.2, 0.25) is 0 Å². The van der Waals surface area contributed by atoms with E-state index in [1.165, 1.54) is 12.1 Å². The Bertz CT molecular complexity index is 629. The summed E-state index contributed by atoms with van der Waals surface area (Å²) >= 11 is 11.6. The molecule has 1 aliphatic heterocycles. The van der Waals surface area contributed by atoms with E-state index < -0.39 is 11.7 Å². The van der Waals surface area contributed by atoms with E-state index in [1.807, 2.05) is 0 Å². The van der Waals surface area contributed by atoms with Crippen molar-refractivity contribution in [1.82, 2.24) is 15.6 Å². The van der Waals surface area contributed by atoms with Gasteiger partial charge < -0.3 is 20.1 Å². The van der Waals surface area contributed by atoms with Crippen molar-refractivity contribution in [2.75, 3.05) is 19.8 Å². The van der Waals surface area contributed by atoms with Crippen molar-refractivity contribution in [3.8, 4) is 0 Å². The van der Waals surface area contributed by atoms with E-state index in [1.54, 1.807) is 20.8 Å². The average molecular weight is 390 g/mol. The molecule has 2 N–H and O–H groups in total. The van der Waals surface area contributed by atoms with Gasteiger partial charge >= 0.3 is 6.09 Å². The Morgan fingerprint density at radius 3 is 2.52 bits per heavy atom. The van der Waals surface area contributed by atoms with Gasteiger partial charge in [0.05, 0.1) is 19.3 Å². The Hall–Kier alpha value is -1.57. The van der Waals surface area contributed by atoms with Crippen LogP contribution in [0.2, 0.25) is 10.3 Å². The number of aromatic nitrogens is 1. The number of amides is 2. The number of rotatable bonds is 4. The third-order valence-corrected chi connectivity index (χ3v) is 3.83. The summed E-state index contributed by atoms with van der Waals surface area (Å²) in [7, 11) is 0. The molecule has 2 rings (SSSR count). The highest BCUT2D eigenvalue weighted by molar-refractivity contribution is 6.33. The lowest BCUT2D eigenvalue weighted by molar-refractivity contribution is 0.0517. The molecule has 2 atom stereocenters. The number of nitrogens with zero attached hydrogens (tertiary/aromatic N) is 1. The molecule has 2 heterocycles. The fourth-order valence-corrected chi connectivity index (χ4v) is 2.80. The van der Waals surface area contributed by atoms with Crippen LogP contribution in [0.4, 0.5) is 4.79 Å². The number of alkyl carbamates (subject to hydrolysis) is 1. The predicted octanol–water partition coefficient (Wildman–Crippen LogP) is 2.66. The molecule has 0 saturated carbocycles.